The fourth-order valence-corrected chi connectivity index (χ4v) is 2.73. The summed E-state index contributed by atoms with van der Waals surface area (Å²) in [6, 6.07) is 3.82. The van der Waals surface area contributed by atoms with Crippen LogP contribution in [0.25, 0.3) is 0 Å². The van der Waals surface area contributed by atoms with Crippen LogP contribution >= 0.6 is 11.6 Å². The molecule has 2 rings (SSSR count). The Morgan fingerprint density at radius 3 is 2.73 bits per heavy atom. The maximum absolute atomic E-state index is 5.78. The van der Waals surface area contributed by atoms with Crippen molar-refractivity contribution in [3.63, 3.8) is 0 Å². The summed E-state index contributed by atoms with van der Waals surface area (Å²) in [6.45, 7) is 5.50. The standard InChI is InChI=1S/C16H26ClN5/c1-18-16(19-8-4-12-22-10-2-3-11-22)20-9-7-14-5-6-15(17)21-13-14/h5-6,13H,2-4,7-12H2,1H3,(H2,18,19,20). The van der Waals surface area contributed by atoms with Gasteiger partial charge < -0.3 is 15.5 Å². The maximum atomic E-state index is 5.78. The topological polar surface area (TPSA) is 52.6 Å². The van der Waals surface area contributed by atoms with Gasteiger partial charge in [0.2, 0.25) is 0 Å². The molecule has 0 aliphatic carbocycles. The van der Waals surface area contributed by atoms with Crippen LogP contribution in [-0.4, -0.2) is 55.6 Å². The Morgan fingerprint density at radius 1 is 1.27 bits per heavy atom. The van der Waals surface area contributed by atoms with Crippen molar-refractivity contribution < 1.29 is 0 Å². The minimum Gasteiger partial charge on any atom is -0.356 e. The molecular weight excluding hydrogens is 298 g/mol. The fourth-order valence-electron chi connectivity index (χ4n) is 2.62. The van der Waals surface area contributed by atoms with E-state index in [-0.39, 0.29) is 0 Å². The Labute approximate surface area is 138 Å². The average molecular weight is 324 g/mol. The highest BCUT2D eigenvalue weighted by atomic mass is 35.5. The number of halogens is 1. The summed E-state index contributed by atoms with van der Waals surface area (Å²) < 4.78 is 0. The van der Waals surface area contributed by atoms with E-state index in [4.69, 9.17) is 11.6 Å². The number of guanidine groups is 1. The molecule has 0 aromatic carbocycles. The Bertz CT molecular complexity index is 454. The number of nitrogens with one attached hydrogen (secondary N) is 2. The first-order valence-corrected chi connectivity index (χ1v) is 8.43. The fraction of sp³-hybridized carbons (Fsp3) is 0.625. The van der Waals surface area contributed by atoms with Gasteiger partial charge in [-0.05, 0) is 56.9 Å². The molecule has 0 bridgehead atoms. The van der Waals surface area contributed by atoms with E-state index in [0.717, 1.165) is 31.9 Å². The van der Waals surface area contributed by atoms with Gasteiger partial charge in [-0.25, -0.2) is 4.98 Å². The molecule has 1 aliphatic heterocycles. The van der Waals surface area contributed by atoms with E-state index in [1.807, 2.05) is 18.3 Å². The summed E-state index contributed by atoms with van der Waals surface area (Å²) >= 11 is 5.78. The second-order valence-electron chi connectivity index (χ2n) is 5.57. The number of hydrogen-bond acceptors (Lipinski definition) is 3. The first-order valence-electron chi connectivity index (χ1n) is 8.05. The van der Waals surface area contributed by atoms with Crippen LogP contribution < -0.4 is 10.6 Å². The van der Waals surface area contributed by atoms with Gasteiger partial charge in [0.25, 0.3) is 0 Å². The van der Waals surface area contributed by atoms with Crippen LogP contribution in [0.4, 0.5) is 0 Å². The Morgan fingerprint density at radius 2 is 2.05 bits per heavy atom. The molecule has 1 aliphatic rings. The molecule has 0 radical (unpaired) electrons. The highest BCUT2D eigenvalue weighted by Gasteiger charge is 2.10. The first kappa shape index (κ1) is 17.0. The molecule has 0 unspecified atom stereocenters. The highest BCUT2D eigenvalue weighted by Crippen LogP contribution is 2.07. The predicted octanol–water partition coefficient (Wildman–Crippen LogP) is 1.93. The molecule has 5 nitrogen and oxygen atoms in total. The minimum absolute atomic E-state index is 0.534. The van der Waals surface area contributed by atoms with Gasteiger partial charge in [-0.1, -0.05) is 17.7 Å². The molecule has 2 N–H and O–H groups in total. The minimum atomic E-state index is 0.534. The zero-order chi connectivity index (χ0) is 15.6. The van der Waals surface area contributed by atoms with E-state index >= 15 is 0 Å². The molecule has 6 heteroatoms. The first-order chi connectivity index (χ1) is 10.8. The Kier molecular flexibility index (Phi) is 7.46. The van der Waals surface area contributed by atoms with Gasteiger partial charge in [-0.2, -0.15) is 0 Å². The van der Waals surface area contributed by atoms with E-state index in [0.29, 0.717) is 5.15 Å². The van der Waals surface area contributed by atoms with Crippen LogP contribution in [0.15, 0.2) is 23.3 Å². The maximum Gasteiger partial charge on any atom is 0.190 e. The molecule has 2 heterocycles. The van der Waals surface area contributed by atoms with Crippen molar-refractivity contribution in [3.05, 3.63) is 29.0 Å². The van der Waals surface area contributed by atoms with Gasteiger partial charge in [0.1, 0.15) is 5.15 Å². The van der Waals surface area contributed by atoms with Gasteiger partial charge in [0, 0.05) is 26.3 Å². The third-order valence-corrected chi connectivity index (χ3v) is 4.08. The summed E-state index contributed by atoms with van der Waals surface area (Å²) in [6.07, 6.45) is 6.59. The number of rotatable bonds is 7. The number of aromatic nitrogens is 1. The van der Waals surface area contributed by atoms with E-state index in [1.165, 1.54) is 38.0 Å². The zero-order valence-electron chi connectivity index (χ0n) is 13.3. The molecule has 122 valence electrons. The van der Waals surface area contributed by atoms with Crippen LogP contribution in [0.3, 0.4) is 0 Å². The summed E-state index contributed by atoms with van der Waals surface area (Å²) in [5.41, 5.74) is 1.17. The molecule has 1 saturated heterocycles. The van der Waals surface area contributed by atoms with Crippen molar-refractivity contribution in [2.24, 2.45) is 4.99 Å². The number of nitrogens with zero attached hydrogens (tertiary/aromatic N) is 3. The number of likely N-dealkylation sites (tertiary alicyclic amines) is 1. The average Bonchev–Trinajstić information content (AvgIpc) is 3.05. The molecule has 0 spiro atoms. The van der Waals surface area contributed by atoms with Gasteiger partial charge in [0.15, 0.2) is 5.96 Å². The third kappa shape index (κ3) is 6.20. The van der Waals surface area contributed by atoms with Gasteiger partial charge in [-0.3, -0.25) is 4.99 Å². The van der Waals surface area contributed by atoms with Crippen molar-refractivity contribution in [1.29, 1.82) is 0 Å². The van der Waals surface area contributed by atoms with Crippen molar-refractivity contribution in [1.82, 2.24) is 20.5 Å². The van der Waals surface area contributed by atoms with Crippen molar-refractivity contribution in [2.75, 3.05) is 39.8 Å². The molecule has 1 aromatic rings. The van der Waals surface area contributed by atoms with Gasteiger partial charge in [0.05, 0.1) is 0 Å². The lowest BCUT2D eigenvalue weighted by atomic mass is 10.2. The van der Waals surface area contributed by atoms with Crippen LogP contribution in [0, 0.1) is 0 Å². The van der Waals surface area contributed by atoms with Crippen molar-refractivity contribution in [2.45, 2.75) is 25.7 Å². The molecule has 1 fully saturated rings. The number of hydrogen-bond donors (Lipinski definition) is 2. The van der Waals surface area contributed by atoms with Gasteiger partial charge in [-0.15, -0.1) is 0 Å². The van der Waals surface area contributed by atoms with E-state index < -0.39 is 0 Å². The van der Waals surface area contributed by atoms with Crippen molar-refractivity contribution in [3.8, 4) is 0 Å². The van der Waals surface area contributed by atoms with E-state index in [2.05, 4.69) is 25.5 Å². The Balaban J connectivity index is 1.57. The van der Waals surface area contributed by atoms with Crippen LogP contribution in [0.1, 0.15) is 24.8 Å². The lowest BCUT2D eigenvalue weighted by molar-refractivity contribution is 0.334. The largest absolute Gasteiger partial charge is 0.356 e. The van der Waals surface area contributed by atoms with Crippen LogP contribution in [-0.2, 0) is 6.42 Å². The summed E-state index contributed by atoms with van der Waals surface area (Å²) in [4.78, 5) is 10.9. The SMILES string of the molecule is CN=C(NCCCN1CCCC1)NCCc1ccc(Cl)nc1. The number of pyridine rings is 1. The zero-order valence-corrected chi connectivity index (χ0v) is 14.1. The molecule has 0 saturated carbocycles. The monoisotopic (exact) mass is 323 g/mol. The summed E-state index contributed by atoms with van der Waals surface area (Å²) in [7, 11) is 1.81. The van der Waals surface area contributed by atoms with Crippen molar-refractivity contribution >= 4 is 17.6 Å². The number of aliphatic imine (C=N–C) groups is 1. The van der Waals surface area contributed by atoms with Gasteiger partial charge >= 0.3 is 0 Å². The Hall–Kier alpha value is -1.33. The molecule has 0 amide bonds. The quantitative estimate of drug-likeness (QED) is 0.348. The van der Waals surface area contributed by atoms with E-state index in [1.54, 1.807) is 7.05 Å². The predicted molar refractivity (Wildman–Crippen MR) is 92.6 cm³/mol. The smallest absolute Gasteiger partial charge is 0.190 e. The normalized spacial score (nSPS) is 16.0. The second kappa shape index (κ2) is 9.64. The summed E-state index contributed by atoms with van der Waals surface area (Å²) in [5.74, 6) is 0.864. The second-order valence-corrected chi connectivity index (χ2v) is 5.95. The third-order valence-electron chi connectivity index (χ3n) is 3.86. The van der Waals surface area contributed by atoms with Crippen LogP contribution in [0.2, 0.25) is 5.15 Å². The highest BCUT2D eigenvalue weighted by molar-refractivity contribution is 6.29. The summed E-state index contributed by atoms with van der Waals surface area (Å²) in [5, 5.41) is 7.22. The lowest BCUT2D eigenvalue weighted by Crippen LogP contribution is -2.39. The van der Waals surface area contributed by atoms with Crippen LogP contribution in [0.5, 0.6) is 0 Å². The molecular formula is C16H26ClN5. The molecule has 0 atom stereocenters. The lowest BCUT2D eigenvalue weighted by Gasteiger charge is -2.16. The van der Waals surface area contributed by atoms with E-state index in [9.17, 15) is 0 Å². The molecule has 1 aromatic heterocycles. The molecule has 22 heavy (non-hydrogen) atoms.